The van der Waals surface area contributed by atoms with Gasteiger partial charge in [-0.05, 0) is 39.0 Å². The van der Waals surface area contributed by atoms with E-state index in [0.717, 1.165) is 18.9 Å². The van der Waals surface area contributed by atoms with Gasteiger partial charge in [0.05, 0.1) is 23.4 Å². The highest BCUT2D eigenvalue weighted by atomic mass is 35.5. The maximum Gasteiger partial charge on any atom is 0.337 e. The molecule has 0 bridgehead atoms. The van der Waals surface area contributed by atoms with Crippen LogP contribution in [0.3, 0.4) is 0 Å². The van der Waals surface area contributed by atoms with E-state index in [-0.39, 0.29) is 0 Å². The van der Waals surface area contributed by atoms with Gasteiger partial charge in [-0.1, -0.05) is 11.6 Å². The first-order valence-electron chi connectivity index (χ1n) is 7.74. The first-order chi connectivity index (χ1) is 11.5. The van der Waals surface area contributed by atoms with Crippen LogP contribution in [0.25, 0.3) is 0 Å². The fourth-order valence-electron chi connectivity index (χ4n) is 2.33. The lowest BCUT2D eigenvalue weighted by molar-refractivity contribution is 0.0601. The number of methoxy groups -OCH3 is 1. The second-order valence-electron chi connectivity index (χ2n) is 5.14. The summed E-state index contributed by atoms with van der Waals surface area (Å²) in [5.74, 6) is 1.70. The van der Waals surface area contributed by atoms with Crippen LogP contribution in [0.2, 0.25) is 5.02 Å². The third-order valence-electron chi connectivity index (χ3n) is 3.56. The number of aromatic nitrogens is 2. The average molecular weight is 349 g/mol. The van der Waals surface area contributed by atoms with Crippen LogP contribution in [0, 0.1) is 6.92 Å². The normalized spacial score (nSPS) is 10.4. The Hall–Kier alpha value is -2.34. The van der Waals surface area contributed by atoms with Gasteiger partial charge in [-0.15, -0.1) is 0 Å². The van der Waals surface area contributed by atoms with E-state index in [9.17, 15) is 4.79 Å². The topological polar surface area (TPSA) is 67.4 Å². The first-order valence-corrected chi connectivity index (χ1v) is 8.11. The van der Waals surface area contributed by atoms with Crippen molar-refractivity contribution in [1.29, 1.82) is 0 Å². The van der Waals surface area contributed by atoms with Crippen LogP contribution >= 0.6 is 11.6 Å². The summed E-state index contributed by atoms with van der Waals surface area (Å²) >= 11 is 6.22. The Morgan fingerprint density at radius 3 is 2.58 bits per heavy atom. The Kier molecular flexibility index (Phi) is 5.98. The zero-order chi connectivity index (χ0) is 17.7. The second-order valence-corrected chi connectivity index (χ2v) is 5.55. The molecule has 7 heteroatoms. The van der Waals surface area contributed by atoms with E-state index in [4.69, 9.17) is 16.3 Å². The molecule has 128 valence electrons. The monoisotopic (exact) mass is 348 g/mol. The summed E-state index contributed by atoms with van der Waals surface area (Å²) in [6.07, 6.45) is 0. The Bertz CT molecular complexity index is 733. The lowest BCUT2D eigenvalue weighted by Crippen LogP contribution is -2.23. The smallest absolute Gasteiger partial charge is 0.337 e. The molecule has 1 aromatic heterocycles. The predicted octanol–water partition coefficient (Wildman–Crippen LogP) is 3.81. The fourth-order valence-corrected chi connectivity index (χ4v) is 2.49. The van der Waals surface area contributed by atoms with Gasteiger partial charge in [-0.3, -0.25) is 0 Å². The number of halogens is 1. The second kappa shape index (κ2) is 7.97. The summed E-state index contributed by atoms with van der Waals surface area (Å²) in [4.78, 5) is 22.7. The number of esters is 1. The molecule has 0 saturated carbocycles. The van der Waals surface area contributed by atoms with E-state index in [2.05, 4.69) is 34.0 Å². The standard InChI is InChI=1S/C17H21ClN4O2/c1-5-22(6-2)16-10-15(19-11(3)20-16)21-14-9-12(17(23)24-4)7-8-13(14)18/h7-10H,5-6H2,1-4H3,(H,19,20,21). The van der Waals surface area contributed by atoms with E-state index in [1.165, 1.54) is 7.11 Å². The van der Waals surface area contributed by atoms with Crippen molar-refractivity contribution >= 4 is 34.9 Å². The Morgan fingerprint density at radius 1 is 1.25 bits per heavy atom. The van der Waals surface area contributed by atoms with Gasteiger partial charge in [-0.2, -0.15) is 0 Å². The number of hydrogen-bond acceptors (Lipinski definition) is 6. The zero-order valence-corrected chi connectivity index (χ0v) is 15.0. The Morgan fingerprint density at radius 2 is 1.96 bits per heavy atom. The number of carbonyl (C=O) groups is 1. The summed E-state index contributed by atoms with van der Waals surface area (Å²) in [5, 5.41) is 3.65. The highest BCUT2D eigenvalue weighted by Crippen LogP contribution is 2.27. The van der Waals surface area contributed by atoms with Crippen molar-refractivity contribution in [3.63, 3.8) is 0 Å². The fraction of sp³-hybridized carbons (Fsp3) is 0.353. The van der Waals surface area contributed by atoms with E-state index in [1.54, 1.807) is 18.2 Å². The van der Waals surface area contributed by atoms with Crippen LogP contribution in [0.15, 0.2) is 24.3 Å². The zero-order valence-electron chi connectivity index (χ0n) is 14.3. The SMILES string of the molecule is CCN(CC)c1cc(Nc2cc(C(=O)OC)ccc2Cl)nc(C)n1. The van der Waals surface area contributed by atoms with Crippen LogP contribution in [-0.4, -0.2) is 36.1 Å². The van der Waals surface area contributed by atoms with Crippen molar-refractivity contribution in [2.24, 2.45) is 0 Å². The number of anilines is 3. The summed E-state index contributed by atoms with van der Waals surface area (Å²) in [6, 6.07) is 6.77. The molecule has 0 spiro atoms. The Labute approximate surface area is 146 Å². The molecule has 2 rings (SSSR count). The molecule has 24 heavy (non-hydrogen) atoms. The molecule has 0 fully saturated rings. The summed E-state index contributed by atoms with van der Waals surface area (Å²) < 4.78 is 4.74. The summed E-state index contributed by atoms with van der Waals surface area (Å²) in [6.45, 7) is 7.69. The largest absolute Gasteiger partial charge is 0.465 e. The highest BCUT2D eigenvalue weighted by Gasteiger charge is 2.12. The molecule has 0 atom stereocenters. The molecule has 1 heterocycles. The number of rotatable bonds is 6. The van der Waals surface area contributed by atoms with E-state index in [1.807, 2.05) is 13.0 Å². The van der Waals surface area contributed by atoms with Gasteiger partial charge in [0.2, 0.25) is 0 Å². The van der Waals surface area contributed by atoms with Gasteiger partial charge in [0.1, 0.15) is 17.5 Å². The highest BCUT2D eigenvalue weighted by molar-refractivity contribution is 6.33. The number of nitrogens with one attached hydrogen (secondary N) is 1. The molecule has 0 unspecified atom stereocenters. The molecule has 0 aliphatic rings. The van der Waals surface area contributed by atoms with Gasteiger partial charge < -0.3 is 15.0 Å². The molecule has 1 aromatic carbocycles. The summed E-state index contributed by atoms with van der Waals surface area (Å²) in [5.41, 5.74) is 1.00. The maximum atomic E-state index is 11.7. The maximum absolute atomic E-state index is 11.7. The first kappa shape index (κ1) is 18.0. The van der Waals surface area contributed by atoms with Crippen molar-refractivity contribution in [1.82, 2.24) is 9.97 Å². The van der Waals surface area contributed by atoms with Crippen molar-refractivity contribution in [3.8, 4) is 0 Å². The van der Waals surface area contributed by atoms with Gasteiger partial charge in [0.15, 0.2) is 0 Å². The van der Waals surface area contributed by atoms with E-state index < -0.39 is 5.97 Å². The van der Waals surface area contributed by atoms with Crippen molar-refractivity contribution in [2.45, 2.75) is 20.8 Å². The number of hydrogen-bond donors (Lipinski definition) is 1. The Balaban J connectivity index is 2.35. The molecule has 6 nitrogen and oxygen atoms in total. The molecular weight excluding hydrogens is 328 g/mol. The average Bonchev–Trinajstić information content (AvgIpc) is 2.57. The van der Waals surface area contributed by atoms with Crippen LogP contribution < -0.4 is 10.2 Å². The molecule has 0 aliphatic heterocycles. The summed E-state index contributed by atoms with van der Waals surface area (Å²) in [7, 11) is 1.34. The third-order valence-corrected chi connectivity index (χ3v) is 3.89. The molecule has 1 N–H and O–H groups in total. The molecule has 0 radical (unpaired) electrons. The molecule has 0 amide bonds. The van der Waals surface area contributed by atoms with Gasteiger partial charge in [0, 0.05) is 19.2 Å². The van der Waals surface area contributed by atoms with Crippen molar-refractivity contribution < 1.29 is 9.53 Å². The molecular formula is C17H21ClN4O2. The predicted molar refractivity (Wildman–Crippen MR) is 96.4 cm³/mol. The number of nitrogens with zero attached hydrogens (tertiary/aromatic N) is 3. The lowest BCUT2D eigenvalue weighted by Gasteiger charge is -2.21. The quantitative estimate of drug-likeness (QED) is 0.800. The molecule has 0 saturated heterocycles. The molecule has 0 aliphatic carbocycles. The third kappa shape index (κ3) is 4.14. The number of aryl methyl sites for hydroxylation is 1. The van der Waals surface area contributed by atoms with Crippen LogP contribution in [-0.2, 0) is 4.74 Å². The minimum absolute atomic E-state index is 0.416. The van der Waals surface area contributed by atoms with Crippen molar-refractivity contribution in [3.05, 3.63) is 40.7 Å². The van der Waals surface area contributed by atoms with Crippen LogP contribution in [0.4, 0.5) is 17.3 Å². The van der Waals surface area contributed by atoms with Gasteiger partial charge in [0.25, 0.3) is 0 Å². The van der Waals surface area contributed by atoms with E-state index in [0.29, 0.717) is 27.9 Å². The molecule has 2 aromatic rings. The lowest BCUT2D eigenvalue weighted by atomic mass is 10.2. The van der Waals surface area contributed by atoms with Crippen LogP contribution in [0.1, 0.15) is 30.0 Å². The number of benzene rings is 1. The minimum Gasteiger partial charge on any atom is -0.465 e. The van der Waals surface area contributed by atoms with Crippen molar-refractivity contribution in [2.75, 3.05) is 30.4 Å². The van der Waals surface area contributed by atoms with Gasteiger partial charge >= 0.3 is 5.97 Å². The van der Waals surface area contributed by atoms with E-state index >= 15 is 0 Å². The minimum atomic E-state index is -0.419. The number of ether oxygens (including phenoxy) is 1. The number of carbonyl (C=O) groups excluding carboxylic acids is 1. The van der Waals surface area contributed by atoms with Gasteiger partial charge in [-0.25, -0.2) is 14.8 Å². The van der Waals surface area contributed by atoms with Crippen LogP contribution in [0.5, 0.6) is 0 Å².